The third-order valence-corrected chi connectivity index (χ3v) is 6.69. The van der Waals surface area contributed by atoms with Crippen molar-refractivity contribution in [3.8, 4) is 5.75 Å². The Balaban J connectivity index is 1.59. The van der Waals surface area contributed by atoms with E-state index in [1.807, 2.05) is 0 Å². The number of hydrogen-bond donors (Lipinski definition) is 0. The molecule has 0 bridgehead atoms. The largest absolute Gasteiger partial charge is 0.466 e. The molecule has 1 spiro atoms. The summed E-state index contributed by atoms with van der Waals surface area (Å²) in [5.74, 6) is 1.86. The van der Waals surface area contributed by atoms with Gasteiger partial charge in [-0.15, -0.1) is 11.3 Å². The van der Waals surface area contributed by atoms with Gasteiger partial charge in [0.1, 0.15) is 5.75 Å². The van der Waals surface area contributed by atoms with Crippen molar-refractivity contribution in [3.05, 3.63) is 52.2 Å². The highest BCUT2D eigenvalue weighted by atomic mass is 32.1. The Labute approximate surface area is 146 Å². The maximum absolute atomic E-state index is 6.61. The highest BCUT2D eigenvalue weighted by molar-refractivity contribution is 7.12. The topological polar surface area (TPSA) is 24.8 Å². The molecular weight excluding hydrogens is 316 g/mol. The minimum absolute atomic E-state index is 0.245. The van der Waals surface area contributed by atoms with Crippen LogP contribution in [0.15, 0.2) is 46.9 Å². The maximum atomic E-state index is 6.61. The van der Waals surface area contributed by atoms with Crippen molar-refractivity contribution in [1.29, 1.82) is 0 Å². The van der Waals surface area contributed by atoms with Crippen LogP contribution in [0.4, 0.5) is 0 Å². The second-order valence-electron chi connectivity index (χ2n) is 7.36. The van der Waals surface area contributed by atoms with Gasteiger partial charge in [0.15, 0.2) is 5.72 Å². The van der Waals surface area contributed by atoms with E-state index in [0.717, 1.165) is 30.9 Å². The predicted molar refractivity (Wildman–Crippen MR) is 97.5 cm³/mol. The predicted octanol–water partition coefficient (Wildman–Crippen LogP) is 5.20. The second-order valence-corrected chi connectivity index (χ2v) is 8.30. The molecule has 1 saturated carbocycles. The molecule has 3 heterocycles. The van der Waals surface area contributed by atoms with E-state index in [4.69, 9.17) is 9.84 Å². The van der Waals surface area contributed by atoms with Crippen LogP contribution in [0.1, 0.15) is 55.5 Å². The summed E-state index contributed by atoms with van der Waals surface area (Å²) >= 11 is 1.78. The molecule has 0 radical (unpaired) electrons. The fourth-order valence-corrected chi connectivity index (χ4v) is 5.09. The zero-order valence-corrected chi connectivity index (χ0v) is 14.8. The van der Waals surface area contributed by atoms with E-state index in [1.54, 1.807) is 11.3 Å². The summed E-state index contributed by atoms with van der Waals surface area (Å²) in [5.41, 5.74) is 2.26. The van der Waals surface area contributed by atoms with Crippen molar-refractivity contribution >= 4 is 17.0 Å². The molecule has 0 amide bonds. The van der Waals surface area contributed by atoms with E-state index < -0.39 is 0 Å². The quantitative estimate of drug-likeness (QED) is 0.714. The molecule has 24 heavy (non-hydrogen) atoms. The van der Waals surface area contributed by atoms with Crippen LogP contribution in [-0.4, -0.2) is 16.4 Å². The number of thiophene rings is 1. The number of ether oxygens (including phenoxy) is 1. The third kappa shape index (κ3) is 2.12. The average Bonchev–Trinajstić information content (AvgIpc) is 3.27. The average molecular weight is 338 g/mol. The molecule has 1 aliphatic carbocycles. The second kappa shape index (κ2) is 5.35. The summed E-state index contributed by atoms with van der Waals surface area (Å²) in [7, 11) is 0. The van der Waals surface area contributed by atoms with Crippen molar-refractivity contribution in [2.75, 3.05) is 0 Å². The van der Waals surface area contributed by atoms with Crippen molar-refractivity contribution in [2.24, 2.45) is 11.0 Å². The van der Waals surface area contributed by atoms with Gasteiger partial charge in [-0.3, -0.25) is 0 Å². The Morgan fingerprint density at radius 2 is 2.00 bits per heavy atom. The van der Waals surface area contributed by atoms with Crippen LogP contribution >= 0.6 is 11.3 Å². The Hall–Kier alpha value is -1.81. The molecule has 3 nitrogen and oxygen atoms in total. The fraction of sp³-hybridized carbons (Fsp3) is 0.450. The Bertz CT molecular complexity index is 775. The highest BCUT2D eigenvalue weighted by Crippen LogP contribution is 2.51. The number of rotatable bonds is 1. The fourth-order valence-electron chi connectivity index (χ4n) is 4.36. The van der Waals surface area contributed by atoms with Gasteiger partial charge in [0.2, 0.25) is 0 Å². The molecule has 2 aliphatic heterocycles. The van der Waals surface area contributed by atoms with Crippen molar-refractivity contribution < 1.29 is 4.74 Å². The number of fused-ring (bicyclic) bond motifs is 4. The lowest BCUT2D eigenvalue weighted by Gasteiger charge is -2.50. The summed E-state index contributed by atoms with van der Waals surface area (Å²) in [5, 5.41) is 9.54. The Morgan fingerprint density at radius 1 is 1.17 bits per heavy atom. The number of hydrazone groups is 1. The minimum atomic E-state index is -0.245. The molecule has 5 rings (SSSR count). The summed E-state index contributed by atoms with van der Waals surface area (Å²) < 4.78 is 6.61. The lowest BCUT2D eigenvalue weighted by molar-refractivity contribution is -0.145. The van der Waals surface area contributed by atoms with E-state index in [9.17, 15) is 0 Å². The van der Waals surface area contributed by atoms with Gasteiger partial charge in [-0.2, -0.15) is 5.10 Å². The highest BCUT2D eigenvalue weighted by Gasteiger charge is 2.51. The van der Waals surface area contributed by atoms with Crippen molar-refractivity contribution in [2.45, 2.75) is 50.8 Å². The molecule has 1 aromatic heterocycles. The molecular formula is C20H22N2OS. The van der Waals surface area contributed by atoms with Gasteiger partial charge in [0, 0.05) is 24.8 Å². The van der Waals surface area contributed by atoms with E-state index in [-0.39, 0.29) is 5.72 Å². The van der Waals surface area contributed by atoms with E-state index in [1.165, 1.54) is 29.0 Å². The van der Waals surface area contributed by atoms with Crippen LogP contribution in [0.2, 0.25) is 0 Å². The van der Waals surface area contributed by atoms with E-state index in [0.29, 0.717) is 6.04 Å². The molecule has 1 aromatic carbocycles. The van der Waals surface area contributed by atoms with Gasteiger partial charge in [0.05, 0.1) is 16.6 Å². The van der Waals surface area contributed by atoms with Crippen LogP contribution in [0.5, 0.6) is 5.75 Å². The maximum Gasteiger partial charge on any atom is 0.198 e. The lowest BCUT2D eigenvalue weighted by atomic mass is 9.82. The van der Waals surface area contributed by atoms with Crippen LogP contribution in [-0.2, 0) is 0 Å². The number of benzene rings is 1. The van der Waals surface area contributed by atoms with Crippen LogP contribution in [0, 0.1) is 5.92 Å². The first-order chi connectivity index (χ1) is 11.8. The smallest absolute Gasteiger partial charge is 0.198 e. The molecule has 0 N–H and O–H groups in total. The zero-order chi connectivity index (χ0) is 16.1. The number of para-hydroxylation sites is 1. The van der Waals surface area contributed by atoms with E-state index >= 15 is 0 Å². The summed E-state index contributed by atoms with van der Waals surface area (Å²) in [4.78, 5) is 1.29. The van der Waals surface area contributed by atoms with E-state index in [2.05, 4.69) is 53.7 Å². The normalized spacial score (nSPS) is 31.4. The minimum Gasteiger partial charge on any atom is -0.466 e. The summed E-state index contributed by atoms with van der Waals surface area (Å²) in [6.45, 7) is 2.35. The SMILES string of the molecule is CC1CCC2(CC1)Oc1ccccc1[C@H]1CC(c3cccs3)=NN12. The molecule has 0 saturated heterocycles. The Kier molecular flexibility index (Phi) is 3.24. The van der Waals surface area contributed by atoms with Crippen LogP contribution in [0.25, 0.3) is 0 Å². The van der Waals surface area contributed by atoms with Gasteiger partial charge in [-0.25, -0.2) is 5.01 Å². The third-order valence-electron chi connectivity index (χ3n) is 5.77. The van der Waals surface area contributed by atoms with Crippen LogP contribution in [0.3, 0.4) is 0 Å². The molecule has 1 fully saturated rings. The monoisotopic (exact) mass is 338 g/mol. The molecule has 3 aliphatic rings. The standard InChI is InChI=1S/C20H22N2OS/c1-14-8-10-20(11-9-14)22-17(15-5-2-3-6-18(15)23-20)13-16(21-22)19-7-4-12-24-19/h2-7,12,14,17H,8-11,13H2,1H3/t14?,17-,20?/m1/s1. The van der Waals surface area contributed by atoms with Crippen molar-refractivity contribution in [1.82, 2.24) is 5.01 Å². The first-order valence-corrected chi connectivity index (χ1v) is 9.82. The van der Waals surface area contributed by atoms with Crippen LogP contribution < -0.4 is 4.74 Å². The molecule has 1 atom stereocenters. The van der Waals surface area contributed by atoms with Gasteiger partial charge < -0.3 is 4.74 Å². The van der Waals surface area contributed by atoms with Gasteiger partial charge in [0.25, 0.3) is 0 Å². The lowest BCUT2D eigenvalue weighted by Crippen LogP contribution is -2.55. The zero-order valence-electron chi connectivity index (χ0n) is 13.9. The van der Waals surface area contributed by atoms with Gasteiger partial charge in [-0.05, 0) is 36.3 Å². The number of hydrogen-bond acceptors (Lipinski definition) is 4. The molecule has 2 aromatic rings. The first kappa shape index (κ1) is 14.5. The van der Waals surface area contributed by atoms with Crippen molar-refractivity contribution in [3.63, 3.8) is 0 Å². The summed E-state index contributed by atoms with van der Waals surface area (Å²) in [6, 6.07) is 13.2. The molecule has 0 unspecified atom stereocenters. The number of nitrogens with zero attached hydrogens (tertiary/aromatic N) is 2. The first-order valence-electron chi connectivity index (χ1n) is 8.94. The van der Waals surface area contributed by atoms with Gasteiger partial charge >= 0.3 is 0 Å². The Morgan fingerprint density at radius 3 is 2.79 bits per heavy atom. The van der Waals surface area contributed by atoms with Gasteiger partial charge in [-0.1, -0.05) is 31.2 Å². The molecule has 124 valence electrons. The molecule has 4 heteroatoms. The summed E-state index contributed by atoms with van der Waals surface area (Å²) in [6.07, 6.45) is 5.56.